The Hall–Kier alpha value is -2.90. The third-order valence-corrected chi connectivity index (χ3v) is 7.82. The van der Waals surface area contributed by atoms with E-state index in [2.05, 4.69) is 9.68 Å². The van der Waals surface area contributed by atoms with E-state index in [0.717, 1.165) is 15.6 Å². The van der Waals surface area contributed by atoms with Crippen molar-refractivity contribution in [3.63, 3.8) is 0 Å². The lowest BCUT2D eigenvalue weighted by atomic mass is 9.92. The molecule has 33 heavy (non-hydrogen) atoms. The monoisotopic (exact) mass is 502 g/mol. The van der Waals surface area contributed by atoms with E-state index in [1.54, 1.807) is 31.2 Å². The molecule has 0 amide bonds. The van der Waals surface area contributed by atoms with Gasteiger partial charge in [-0.1, -0.05) is 24.2 Å². The number of ether oxygens (including phenoxy) is 1. The molecular weight excluding hydrogens is 485 g/mol. The molecule has 13 heteroatoms. The summed E-state index contributed by atoms with van der Waals surface area (Å²) in [5.74, 6) is -2.10. The highest BCUT2D eigenvalue weighted by Crippen LogP contribution is 2.63. The van der Waals surface area contributed by atoms with Crippen molar-refractivity contribution in [3.05, 3.63) is 53.8 Å². The Labute approximate surface area is 192 Å². The normalized spacial score (nSPS) is 23.2. The number of carbonyl (C=O) groups is 1. The van der Waals surface area contributed by atoms with E-state index in [-0.39, 0.29) is 22.0 Å². The molecular formula is C20H17F3N2O6S2. The van der Waals surface area contributed by atoms with Crippen LogP contribution in [0.3, 0.4) is 0 Å². The number of rotatable bonds is 7. The van der Waals surface area contributed by atoms with Gasteiger partial charge in [0.1, 0.15) is 16.4 Å². The number of aliphatic carboxylic acids is 1. The first-order valence-corrected chi connectivity index (χ1v) is 11.3. The molecule has 1 fully saturated rings. The number of benzene rings is 1. The summed E-state index contributed by atoms with van der Waals surface area (Å²) in [7, 11) is 1.47. The number of thiophene rings is 1. The maximum absolute atomic E-state index is 12.8. The molecule has 1 saturated carbocycles. The van der Waals surface area contributed by atoms with Crippen molar-refractivity contribution in [1.82, 2.24) is 5.16 Å². The van der Waals surface area contributed by atoms with Gasteiger partial charge in [-0.05, 0) is 36.2 Å². The van der Waals surface area contributed by atoms with Gasteiger partial charge in [-0.3, -0.25) is 4.55 Å². The first-order valence-electron chi connectivity index (χ1n) is 9.37. The fourth-order valence-corrected chi connectivity index (χ4v) is 6.03. The zero-order valence-electron chi connectivity index (χ0n) is 17.1. The second kappa shape index (κ2) is 7.85. The number of aromatic nitrogens is 1. The summed E-state index contributed by atoms with van der Waals surface area (Å²) < 4.78 is 71.4. The summed E-state index contributed by atoms with van der Waals surface area (Å²) in [4.78, 5) is 12.7. The average Bonchev–Trinajstić information content (AvgIpc) is 3.13. The second-order valence-corrected chi connectivity index (χ2v) is 9.53. The van der Waals surface area contributed by atoms with E-state index >= 15 is 0 Å². The van der Waals surface area contributed by atoms with Crippen LogP contribution in [0.1, 0.15) is 24.7 Å². The average molecular weight is 502 g/mol. The molecule has 3 atom stereocenters. The summed E-state index contributed by atoms with van der Waals surface area (Å²) in [5, 5.41) is 13.6. The van der Waals surface area contributed by atoms with Crippen molar-refractivity contribution in [3.8, 4) is 16.3 Å². The highest BCUT2D eigenvalue weighted by Gasteiger charge is 2.75. The van der Waals surface area contributed by atoms with Crippen LogP contribution < -0.4 is 9.04 Å². The van der Waals surface area contributed by atoms with Gasteiger partial charge in [0, 0.05) is 11.5 Å². The largest absolute Gasteiger partial charge is 0.497 e. The van der Waals surface area contributed by atoms with Crippen LogP contribution in [-0.4, -0.2) is 37.6 Å². The fourth-order valence-electron chi connectivity index (χ4n) is 3.97. The van der Waals surface area contributed by atoms with Gasteiger partial charge in [0.05, 0.1) is 12.0 Å². The zero-order chi connectivity index (χ0) is 24.2. The van der Waals surface area contributed by atoms with Gasteiger partial charge < -0.3 is 14.4 Å². The Kier molecular flexibility index (Phi) is 5.53. The number of halogens is 3. The van der Waals surface area contributed by atoms with E-state index in [1.807, 2.05) is 0 Å². The summed E-state index contributed by atoms with van der Waals surface area (Å²) in [5.41, 5.74) is -2.35. The molecule has 1 aliphatic rings. The Morgan fingerprint density at radius 1 is 1.30 bits per heavy atom. The van der Waals surface area contributed by atoms with Gasteiger partial charge in [0.15, 0.2) is 5.54 Å². The highest BCUT2D eigenvalue weighted by molar-refractivity contribution is 7.81. The third-order valence-electron chi connectivity index (χ3n) is 5.79. The Bertz CT molecular complexity index is 1240. The van der Waals surface area contributed by atoms with E-state index in [0.29, 0.717) is 17.4 Å². The van der Waals surface area contributed by atoms with Gasteiger partial charge in [-0.25, -0.2) is 13.3 Å². The number of alkyl halides is 3. The number of carboxylic acids is 1. The number of nitrogens with zero attached hydrogens (tertiary/aromatic N) is 2. The van der Waals surface area contributed by atoms with Crippen LogP contribution in [-0.2, 0) is 27.7 Å². The van der Waals surface area contributed by atoms with Gasteiger partial charge in [0.25, 0.3) is 11.3 Å². The lowest BCUT2D eigenvalue weighted by molar-refractivity contribution is -0.155. The highest BCUT2D eigenvalue weighted by atomic mass is 32.2. The standard InChI is InChI=1S/C20H17F3N2O6S2/c1-18(11-4-3-5-12(8-11)30-2)10-19(18,17(26)27)25(33(28)29)16-7-6-14(32-16)13-9-15(31-24-13)20(21,22)23/h3-9H,10H2,1-2H3,(H,26,27)(H,28,29). The summed E-state index contributed by atoms with van der Waals surface area (Å²) in [6, 6.07) is 10.2. The molecule has 176 valence electrons. The number of carboxylic acid groups (broad SMARTS) is 1. The van der Waals surface area contributed by atoms with E-state index in [1.165, 1.54) is 19.2 Å². The quantitative estimate of drug-likeness (QED) is 0.456. The van der Waals surface area contributed by atoms with Crippen LogP contribution in [0.15, 0.2) is 47.0 Å². The first-order chi connectivity index (χ1) is 15.4. The molecule has 2 N–H and O–H groups in total. The first kappa shape index (κ1) is 23.3. The fraction of sp³-hybridized carbons (Fsp3) is 0.300. The van der Waals surface area contributed by atoms with Crippen molar-refractivity contribution in [2.75, 3.05) is 11.4 Å². The van der Waals surface area contributed by atoms with E-state index in [9.17, 15) is 31.8 Å². The molecule has 0 aliphatic heterocycles. The lowest BCUT2D eigenvalue weighted by Gasteiger charge is -2.30. The Balaban J connectivity index is 1.75. The molecule has 2 aromatic heterocycles. The third kappa shape index (κ3) is 3.69. The Morgan fingerprint density at radius 3 is 2.61 bits per heavy atom. The summed E-state index contributed by atoms with van der Waals surface area (Å²) in [6.07, 6.45) is -4.70. The number of hydrogen-bond acceptors (Lipinski definition) is 6. The van der Waals surface area contributed by atoms with Crippen LogP contribution in [0.2, 0.25) is 0 Å². The molecule has 3 aromatic rings. The van der Waals surface area contributed by atoms with Crippen LogP contribution in [0, 0.1) is 0 Å². The number of hydrogen-bond donors (Lipinski definition) is 2. The van der Waals surface area contributed by atoms with E-state index < -0.39 is 40.1 Å². The van der Waals surface area contributed by atoms with E-state index in [4.69, 9.17) is 4.74 Å². The van der Waals surface area contributed by atoms with Crippen LogP contribution >= 0.6 is 11.3 Å². The maximum atomic E-state index is 12.8. The van der Waals surface area contributed by atoms with Crippen molar-refractivity contribution in [2.45, 2.75) is 30.5 Å². The van der Waals surface area contributed by atoms with Crippen molar-refractivity contribution in [1.29, 1.82) is 0 Å². The van der Waals surface area contributed by atoms with Crippen LogP contribution in [0.5, 0.6) is 5.75 Å². The van der Waals surface area contributed by atoms with Gasteiger partial charge >= 0.3 is 12.1 Å². The predicted octanol–water partition coefficient (Wildman–Crippen LogP) is 4.56. The van der Waals surface area contributed by atoms with Crippen molar-refractivity contribution < 1.29 is 41.1 Å². The van der Waals surface area contributed by atoms with Crippen molar-refractivity contribution in [2.24, 2.45) is 0 Å². The molecule has 0 saturated heterocycles. The molecule has 8 nitrogen and oxygen atoms in total. The smallest absolute Gasteiger partial charge is 0.452 e. The molecule has 3 unspecified atom stereocenters. The van der Waals surface area contributed by atoms with Gasteiger partial charge in [0.2, 0.25) is 5.76 Å². The minimum absolute atomic E-state index is 0.0181. The molecule has 1 aromatic carbocycles. The summed E-state index contributed by atoms with van der Waals surface area (Å²) >= 11 is -1.92. The SMILES string of the molecule is COc1cccc(C2(C)CC2(C(=O)O)N(c2ccc(-c3cc(C(F)(F)F)on3)s2)S(=O)O)c1. The van der Waals surface area contributed by atoms with Gasteiger partial charge in [-0.15, -0.1) is 11.3 Å². The lowest BCUT2D eigenvalue weighted by Crippen LogP contribution is -2.49. The minimum Gasteiger partial charge on any atom is -0.497 e. The second-order valence-electron chi connectivity index (χ2n) is 7.64. The molecule has 0 spiro atoms. The van der Waals surface area contributed by atoms with Crippen LogP contribution in [0.4, 0.5) is 18.2 Å². The van der Waals surface area contributed by atoms with Crippen molar-refractivity contribution >= 4 is 33.6 Å². The molecule has 0 radical (unpaired) electrons. The molecule has 0 bridgehead atoms. The van der Waals surface area contributed by atoms with Gasteiger partial charge in [-0.2, -0.15) is 13.2 Å². The van der Waals surface area contributed by atoms with Crippen LogP contribution in [0.25, 0.3) is 10.6 Å². The minimum atomic E-state index is -4.72. The topological polar surface area (TPSA) is 113 Å². The predicted molar refractivity (Wildman–Crippen MR) is 113 cm³/mol. The molecule has 4 rings (SSSR count). The molecule has 1 aliphatic carbocycles. The zero-order valence-corrected chi connectivity index (χ0v) is 18.8. The maximum Gasteiger partial charge on any atom is 0.452 e. The summed E-state index contributed by atoms with van der Waals surface area (Å²) in [6.45, 7) is 1.66. The number of methoxy groups -OCH3 is 1. The molecule has 2 heterocycles. The Morgan fingerprint density at radius 2 is 2.03 bits per heavy atom. The number of anilines is 1.